The average molecular weight is 426 g/mol. The van der Waals surface area contributed by atoms with Crippen LogP contribution >= 0.6 is 12.2 Å². The zero-order chi connectivity index (χ0) is 21.5. The van der Waals surface area contributed by atoms with Gasteiger partial charge in [0.05, 0.1) is 26.0 Å². The van der Waals surface area contributed by atoms with E-state index in [-0.39, 0.29) is 5.91 Å². The number of carbonyl (C=O) groups excluding carboxylic acids is 1. The van der Waals surface area contributed by atoms with Crippen LogP contribution in [0.2, 0.25) is 0 Å². The number of nitrogens with zero attached hydrogens (tertiary/aromatic N) is 2. The number of benzene rings is 2. The maximum absolute atomic E-state index is 13.5. The van der Waals surface area contributed by atoms with Gasteiger partial charge in [-0.25, -0.2) is 0 Å². The standard InChI is InChI=1S/C23H27N3O3S/c1-15-13-17(14-16(2)20(15)25-9-11-29-12-10-25)23(3)21(27)26(22(30)24-23)18-5-7-19(28-4)8-6-18/h5-8,13-14H,9-12H2,1-4H3,(H,24,30). The molecule has 0 spiro atoms. The fourth-order valence-corrected chi connectivity index (χ4v) is 4.72. The van der Waals surface area contributed by atoms with Crippen molar-refractivity contribution >= 4 is 34.6 Å². The summed E-state index contributed by atoms with van der Waals surface area (Å²) in [6.07, 6.45) is 0. The Morgan fingerprint density at radius 3 is 2.27 bits per heavy atom. The third-order valence-corrected chi connectivity index (χ3v) is 6.20. The van der Waals surface area contributed by atoms with E-state index >= 15 is 0 Å². The third kappa shape index (κ3) is 3.42. The third-order valence-electron chi connectivity index (χ3n) is 5.92. The van der Waals surface area contributed by atoms with E-state index in [4.69, 9.17) is 21.7 Å². The molecule has 158 valence electrons. The second kappa shape index (κ2) is 7.89. The van der Waals surface area contributed by atoms with E-state index < -0.39 is 5.54 Å². The average Bonchev–Trinajstić information content (AvgIpc) is 2.97. The molecule has 2 aliphatic rings. The lowest BCUT2D eigenvalue weighted by atomic mass is 9.88. The fourth-order valence-electron chi connectivity index (χ4n) is 4.33. The Kier molecular flexibility index (Phi) is 5.42. The van der Waals surface area contributed by atoms with Crippen LogP contribution in [-0.2, 0) is 15.1 Å². The van der Waals surface area contributed by atoms with Gasteiger partial charge in [-0.2, -0.15) is 0 Å². The summed E-state index contributed by atoms with van der Waals surface area (Å²) in [5.41, 5.74) is 4.24. The molecule has 2 aliphatic heterocycles. The monoisotopic (exact) mass is 425 g/mol. The molecule has 2 fully saturated rings. The predicted octanol–water partition coefficient (Wildman–Crippen LogP) is 3.29. The van der Waals surface area contributed by atoms with E-state index in [9.17, 15) is 4.79 Å². The van der Waals surface area contributed by atoms with Crippen LogP contribution in [0.4, 0.5) is 11.4 Å². The van der Waals surface area contributed by atoms with Gasteiger partial charge in [-0.05, 0) is 73.9 Å². The van der Waals surface area contributed by atoms with Gasteiger partial charge in [-0.1, -0.05) is 12.1 Å². The molecule has 0 aliphatic carbocycles. The molecule has 2 aromatic rings. The van der Waals surface area contributed by atoms with E-state index in [0.717, 1.165) is 54.4 Å². The van der Waals surface area contributed by atoms with Crippen LogP contribution in [-0.4, -0.2) is 44.4 Å². The first-order valence-corrected chi connectivity index (χ1v) is 10.5. The van der Waals surface area contributed by atoms with Crippen molar-refractivity contribution in [2.24, 2.45) is 0 Å². The van der Waals surface area contributed by atoms with E-state index in [1.165, 1.54) is 5.69 Å². The first kappa shape index (κ1) is 20.6. The molecule has 7 heteroatoms. The number of rotatable bonds is 4. The van der Waals surface area contributed by atoms with Crippen molar-refractivity contribution in [1.29, 1.82) is 0 Å². The van der Waals surface area contributed by atoms with Crippen LogP contribution < -0.4 is 19.9 Å². The van der Waals surface area contributed by atoms with Gasteiger partial charge in [0.1, 0.15) is 11.3 Å². The Morgan fingerprint density at radius 1 is 1.10 bits per heavy atom. The van der Waals surface area contributed by atoms with Crippen LogP contribution in [0.5, 0.6) is 5.75 Å². The summed E-state index contributed by atoms with van der Waals surface area (Å²) >= 11 is 5.54. The normalized spacial score (nSPS) is 21.7. The quantitative estimate of drug-likeness (QED) is 0.759. The van der Waals surface area contributed by atoms with Crippen molar-refractivity contribution in [1.82, 2.24) is 5.32 Å². The predicted molar refractivity (Wildman–Crippen MR) is 123 cm³/mol. The van der Waals surface area contributed by atoms with E-state index in [1.54, 1.807) is 12.0 Å². The molecule has 30 heavy (non-hydrogen) atoms. The first-order valence-electron chi connectivity index (χ1n) is 10.1. The van der Waals surface area contributed by atoms with Gasteiger partial charge in [-0.15, -0.1) is 0 Å². The SMILES string of the molecule is COc1ccc(N2C(=O)C(C)(c3cc(C)c(N4CCOCC4)c(C)c3)NC2=S)cc1. The van der Waals surface area contributed by atoms with Crippen LogP contribution in [0.15, 0.2) is 36.4 Å². The molecule has 0 bridgehead atoms. The number of hydrogen-bond acceptors (Lipinski definition) is 5. The van der Waals surface area contributed by atoms with Gasteiger partial charge in [0.2, 0.25) is 0 Å². The van der Waals surface area contributed by atoms with Crippen molar-refractivity contribution < 1.29 is 14.3 Å². The van der Waals surface area contributed by atoms with Crippen LogP contribution in [0.25, 0.3) is 0 Å². The first-order chi connectivity index (χ1) is 14.3. The molecule has 0 aromatic heterocycles. The second-order valence-corrected chi connectivity index (χ2v) is 8.34. The molecule has 1 N–H and O–H groups in total. The number of carbonyl (C=O) groups is 1. The topological polar surface area (TPSA) is 54.0 Å². The van der Waals surface area contributed by atoms with Gasteiger partial charge in [0.25, 0.3) is 5.91 Å². The number of anilines is 2. The van der Waals surface area contributed by atoms with Crippen molar-refractivity contribution in [3.05, 3.63) is 53.1 Å². The molecule has 6 nitrogen and oxygen atoms in total. The summed E-state index contributed by atoms with van der Waals surface area (Å²) in [5.74, 6) is 0.646. The van der Waals surface area contributed by atoms with E-state index in [1.807, 2.05) is 31.2 Å². The summed E-state index contributed by atoms with van der Waals surface area (Å²) < 4.78 is 10.7. The minimum absolute atomic E-state index is 0.0874. The van der Waals surface area contributed by atoms with Crippen molar-refractivity contribution in [3.8, 4) is 5.75 Å². The lowest BCUT2D eigenvalue weighted by molar-refractivity contribution is -0.121. The van der Waals surface area contributed by atoms with Gasteiger partial charge in [-0.3, -0.25) is 9.69 Å². The highest BCUT2D eigenvalue weighted by atomic mass is 32.1. The number of aryl methyl sites for hydroxylation is 2. The maximum atomic E-state index is 13.5. The molecule has 0 radical (unpaired) electrons. The van der Waals surface area contributed by atoms with Crippen LogP contribution in [0.1, 0.15) is 23.6 Å². The number of ether oxygens (including phenoxy) is 2. The van der Waals surface area contributed by atoms with Crippen LogP contribution in [0, 0.1) is 13.8 Å². The molecule has 1 unspecified atom stereocenters. The van der Waals surface area contributed by atoms with E-state index in [0.29, 0.717) is 5.11 Å². The zero-order valence-corrected chi connectivity index (χ0v) is 18.6. The summed E-state index contributed by atoms with van der Waals surface area (Å²) in [4.78, 5) is 17.4. The Balaban J connectivity index is 1.67. The molecular formula is C23H27N3O3S. The van der Waals surface area contributed by atoms with Crippen LogP contribution in [0.3, 0.4) is 0 Å². The molecule has 0 saturated carbocycles. The number of methoxy groups -OCH3 is 1. The van der Waals surface area contributed by atoms with Gasteiger partial charge in [0.15, 0.2) is 5.11 Å². The molecule has 1 atom stereocenters. The molecule has 2 heterocycles. The van der Waals surface area contributed by atoms with Gasteiger partial charge in [0, 0.05) is 18.8 Å². The summed E-state index contributed by atoms with van der Waals surface area (Å²) in [6, 6.07) is 11.5. The Bertz CT molecular complexity index is 963. The van der Waals surface area contributed by atoms with Crippen molar-refractivity contribution in [3.63, 3.8) is 0 Å². The second-order valence-electron chi connectivity index (χ2n) is 7.95. The molecule has 1 amide bonds. The highest BCUT2D eigenvalue weighted by molar-refractivity contribution is 7.80. The Labute approximate surface area is 182 Å². The fraction of sp³-hybridized carbons (Fsp3) is 0.391. The minimum atomic E-state index is -0.921. The smallest absolute Gasteiger partial charge is 0.263 e. The molecule has 2 aromatic carbocycles. The van der Waals surface area contributed by atoms with E-state index in [2.05, 4.69) is 36.2 Å². The summed E-state index contributed by atoms with van der Waals surface area (Å²) in [6.45, 7) is 9.34. The van der Waals surface area contributed by atoms with Crippen molar-refractivity contribution in [2.75, 3.05) is 43.2 Å². The summed E-state index contributed by atoms with van der Waals surface area (Å²) in [5, 5.41) is 3.67. The van der Waals surface area contributed by atoms with Crippen molar-refractivity contribution in [2.45, 2.75) is 26.3 Å². The molecule has 2 saturated heterocycles. The largest absolute Gasteiger partial charge is 0.497 e. The molecule has 4 rings (SSSR count). The Hall–Kier alpha value is -2.64. The molecular weight excluding hydrogens is 398 g/mol. The number of morpholine rings is 1. The lowest BCUT2D eigenvalue weighted by Gasteiger charge is -2.33. The van der Waals surface area contributed by atoms with Gasteiger partial charge >= 0.3 is 0 Å². The van der Waals surface area contributed by atoms with Gasteiger partial charge < -0.3 is 19.7 Å². The lowest BCUT2D eigenvalue weighted by Crippen LogP contribution is -2.41. The maximum Gasteiger partial charge on any atom is 0.263 e. The summed E-state index contributed by atoms with van der Waals surface area (Å²) in [7, 11) is 1.62. The highest BCUT2D eigenvalue weighted by Crippen LogP contribution is 2.36. The zero-order valence-electron chi connectivity index (χ0n) is 17.8. The Morgan fingerprint density at radius 2 is 1.70 bits per heavy atom. The number of nitrogens with one attached hydrogen (secondary N) is 1. The highest BCUT2D eigenvalue weighted by Gasteiger charge is 2.48. The number of amides is 1. The minimum Gasteiger partial charge on any atom is -0.497 e. The number of thiocarbonyl (C=S) groups is 1. The number of hydrogen-bond donors (Lipinski definition) is 1.